The Bertz CT molecular complexity index is 1650. The van der Waals surface area contributed by atoms with Gasteiger partial charge in [0.25, 0.3) is 10.0 Å². The first-order valence-electron chi connectivity index (χ1n) is 13.7. The smallest absolute Gasteiger partial charge is 0.263 e. The van der Waals surface area contributed by atoms with E-state index in [2.05, 4.69) is 68.7 Å². The molecule has 3 aromatic carbocycles. The number of nitrogens with one attached hydrogen (secondary N) is 1. The van der Waals surface area contributed by atoms with Gasteiger partial charge < -0.3 is 9.47 Å². The van der Waals surface area contributed by atoms with Gasteiger partial charge in [0.1, 0.15) is 24.3 Å². The summed E-state index contributed by atoms with van der Waals surface area (Å²) >= 11 is 0.932. The molecule has 7 rings (SSSR count). The predicted molar refractivity (Wildman–Crippen MR) is 157 cm³/mol. The van der Waals surface area contributed by atoms with E-state index in [9.17, 15) is 13.7 Å². The number of sulfonamides is 1. The first-order chi connectivity index (χ1) is 19.9. The van der Waals surface area contributed by atoms with Crippen molar-refractivity contribution in [2.45, 2.75) is 54.9 Å². The zero-order chi connectivity index (χ0) is 28.5. The Labute approximate surface area is 244 Å². The molecule has 0 saturated carbocycles. The number of ether oxygens (including phenoxy) is 2. The average molecular weight is 587 g/mol. The van der Waals surface area contributed by atoms with Crippen LogP contribution in [0.5, 0.6) is 5.75 Å². The number of aromatic nitrogens is 2. The Morgan fingerprint density at radius 2 is 1.85 bits per heavy atom. The number of benzene rings is 3. The standard InChI is InChI=1S/C31H30N4O4S2/c1-2-38-19-22(39-29-12-11-23(17-21(29)18-32)41(36,37)35-30-33-20-34-40-30)13-15-31-16-14-24(25-7-3-5-9-27(25)31)26-8-4-6-10-28(26)31/h3-12,17,20,22,24H,2,13-16,19H2,1H3,(H,33,34,35). The number of hydrogen-bond donors (Lipinski definition) is 1. The molecule has 1 atom stereocenters. The Kier molecular flexibility index (Phi) is 7.51. The van der Waals surface area contributed by atoms with Crippen molar-refractivity contribution in [3.8, 4) is 11.8 Å². The van der Waals surface area contributed by atoms with Gasteiger partial charge in [-0.15, -0.1) is 0 Å². The maximum Gasteiger partial charge on any atom is 0.263 e. The zero-order valence-electron chi connectivity index (χ0n) is 22.6. The molecule has 0 radical (unpaired) electrons. The van der Waals surface area contributed by atoms with Crippen LogP contribution in [0.3, 0.4) is 0 Å². The van der Waals surface area contributed by atoms with E-state index in [0.717, 1.165) is 30.8 Å². The fourth-order valence-corrected chi connectivity index (χ4v) is 8.11. The molecule has 1 unspecified atom stereocenters. The highest BCUT2D eigenvalue weighted by atomic mass is 32.2. The molecule has 1 N–H and O–H groups in total. The Balaban J connectivity index is 1.27. The van der Waals surface area contributed by atoms with Crippen molar-refractivity contribution in [3.63, 3.8) is 0 Å². The first-order valence-corrected chi connectivity index (χ1v) is 16.0. The van der Waals surface area contributed by atoms with Gasteiger partial charge in [0.2, 0.25) is 5.13 Å². The molecule has 2 bridgehead atoms. The molecule has 0 amide bonds. The maximum atomic E-state index is 12.9. The van der Waals surface area contributed by atoms with E-state index in [1.807, 2.05) is 6.92 Å². The van der Waals surface area contributed by atoms with Crippen LogP contribution in [0, 0.1) is 11.3 Å². The molecule has 0 aliphatic heterocycles. The Morgan fingerprint density at radius 3 is 2.51 bits per heavy atom. The van der Waals surface area contributed by atoms with Gasteiger partial charge in [-0.2, -0.15) is 9.64 Å². The highest BCUT2D eigenvalue weighted by Gasteiger charge is 2.47. The van der Waals surface area contributed by atoms with Crippen LogP contribution in [-0.2, 0) is 20.2 Å². The third-order valence-electron chi connectivity index (χ3n) is 8.22. The number of hydrogen-bond acceptors (Lipinski definition) is 8. The van der Waals surface area contributed by atoms with Gasteiger partial charge >= 0.3 is 0 Å². The SMILES string of the molecule is CCOCC(CCC12CCC(c3ccccc31)c1ccccc12)Oc1ccc(S(=O)(=O)Nc2ncns2)cc1C#N. The number of nitriles is 1. The molecule has 8 nitrogen and oxygen atoms in total. The van der Waals surface area contributed by atoms with Crippen molar-refractivity contribution >= 4 is 26.7 Å². The summed E-state index contributed by atoms with van der Waals surface area (Å²) < 4.78 is 44.1. The lowest BCUT2D eigenvalue weighted by molar-refractivity contribution is 0.0475. The van der Waals surface area contributed by atoms with Crippen LogP contribution in [0.15, 0.2) is 78.0 Å². The highest BCUT2D eigenvalue weighted by molar-refractivity contribution is 7.93. The third kappa shape index (κ3) is 5.10. The highest BCUT2D eigenvalue weighted by Crippen LogP contribution is 2.58. The molecule has 1 heterocycles. The summed E-state index contributed by atoms with van der Waals surface area (Å²) in [6, 6.07) is 24.0. The van der Waals surface area contributed by atoms with Crippen molar-refractivity contribution < 1.29 is 17.9 Å². The second kappa shape index (κ2) is 11.2. The molecule has 41 heavy (non-hydrogen) atoms. The normalized spacial score (nSPS) is 19.6. The van der Waals surface area contributed by atoms with E-state index in [1.165, 1.54) is 40.7 Å². The summed E-state index contributed by atoms with van der Waals surface area (Å²) in [7, 11) is -3.94. The number of fused-ring (bicyclic) bond motifs is 1. The quantitative estimate of drug-likeness (QED) is 0.229. The van der Waals surface area contributed by atoms with Gasteiger partial charge in [0.15, 0.2) is 0 Å². The number of nitrogens with zero attached hydrogens (tertiary/aromatic N) is 3. The first kappa shape index (κ1) is 27.4. The molecule has 3 aliphatic carbocycles. The minimum Gasteiger partial charge on any atom is -0.487 e. The summed E-state index contributed by atoms with van der Waals surface area (Å²) in [5, 5.41) is 10.0. The molecule has 0 spiro atoms. The van der Waals surface area contributed by atoms with Crippen molar-refractivity contribution in [1.82, 2.24) is 9.36 Å². The summed E-state index contributed by atoms with van der Waals surface area (Å²) in [5.41, 5.74) is 5.68. The van der Waals surface area contributed by atoms with Crippen molar-refractivity contribution in [1.29, 1.82) is 5.26 Å². The van der Waals surface area contributed by atoms with E-state index in [-0.39, 0.29) is 27.1 Å². The molecule has 4 aromatic rings. The molecule has 210 valence electrons. The third-order valence-corrected chi connectivity index (χ3v) is 10.3. The minimum absolute atomic E-state index is 0.0518. The molecule has 10 heteroatoms. The van der Waals surface area contributed by atoms with Gasteiger partial charge in [-0.05, 0) is 73.1 Å². The van der Waals surface area contributed by atoms with Crippen molar-refractivity contribution in [3.05, 3.63) is 101 Å². The molecule has 0 fully saturated rings. The van der Waals surface area contributed by atoms with Crippen LogP contribution in [0.1, 0.15) is 66.3 Å². The van der Waals surface area contributed by atoms with Crippen LogP contribution in [0.2, 0.25) is 0 Å². The molecular formula is C31H30N4O4S2. The van der Waals surface area contributed by atoms with E-state index < -0.39 is 10.0 Å². The molecule has 0 saturated heterocycles. The van der Waals surface area contributed by atoms with Crippen LogP contribution in [-0.4, -0.2) is 37.1 Å². The molecule has 3 aliphatic rings. The van der Waals surface area contributed by atoms with Crippen LogP contribution in [0.4, 0.5) is 5.13 Å². The van der Waals surface area contributed by atoms with Crippen molar-refractivity contribution in [2.75, 3.05) is 17.9 Å². The van der Waals surface area contributed by atoms with Gasteiger partial charge in [-0.1, -0.05) is 48.5 Å². The van der Waals surface area contributed by atoms with Gasteiger partial charge in [-0.3, -0.25) is 4.72 Å². The monoisotopic (exact) mass is 586 g/mol. The fraction of sp³-hybridized carbons (Fsp3) is 0.323. The predicted octanol–water partition coefficient (Wildman–Crippen LogP) is 6.00. The number of rotatable bonds is 11. The Morgan fingerprint density at radius 1 is 1.12 bits per heavy atom. The van der Waals surface area contributed by atoms with Gasteiger partial charge in [-0.25, -0.2) is 13.4 Å². The largest absolute Gasteiger partial charge is 0.487 e. The fourth-order valence-electron chi connectivity index (χ4n) is 6.42. The molecular weight excluding hydrogens is 556 g/mol. The Hall–Kier alpha value is -3.78. The van der Waals surface area contributed by atoms with Crippen LogP contribution < -0.4 is 9.46 Å². The second-order valence-corrected chi connectivity index (χ2v) is 12.9. The van der Waals surface area contributed by atoms with Gasteiger partial charge in [0, 0.05) is 29.5 Å². The summed E-state index contributed by atoms with van der Waals surface area (Å²) in [4.78, 5) is 3.82. The summed E-state index contributed by atoms with van der Waals surface area (Å²) in [5.74, 6) is 0.770. The second-order valence-electron chi connectivity index (χ2n) is 10.4. The zero-order valence-corrected chi connectivity index (χ0v) is 24.2. The summed E-state index contributed by atoms with van der Waals surface area (Å²) in [6.07, 6.45) is 4.71. The van der Waals surface area contributed by atoms with E-state index in [0.29, 0.717) is 31.3 Å². The van der Waals surface area contributed by atoms with Gasteiger partial charge in [0.05, 0.1) is 17.1 Å². The molecule has 1 aromatic heterocycles. The topological polar surface area (TPSA) is 114 Å². The van der Waals surface area contributed by atoms with E-state index in [4.69, 9.17) is 9.47 Å². The lowest BCUT2D eigenvalue weighted by atomic mass is 9.54. The maximum absolute atomic E-state index is 12.9. The van der Waals surface area contributed by atoms with E-state index >= 15 is 0 Å². The van der Waals surface area contributed by atoms with Crippen molar-refractivity contribution in [2.24, 2.45) is 0 Å². The lowest BCUT2D eigenvalue weighted by Crippen LogP contribution is -2.41. The lowest BCUT2D eigenvalue weighted by Gasteiger charge is -2.50. The van der Waals surface area contributed by atoms with Crippen LogP contribution in [0.25, 0.3) is 0 Å². The van der Waals surface area contributed by atoms with Crippen LogP contribution >= 0.6 is 11.5 Å². The van der Waals surface area contributed by atoms with E-state index in [1.54, 1.807) is 6.07 Å². The summed E-state index contributed by atoms with van der Waals surface area (Å²) in [6.45, 7) is 2.84. The average Bonchev–Trinajstić information content (AvgIpc) is 3.51. The minimum atomic E-state index is -3.94. The number of anilines is 1.